The summed E-state index contributed by atoms with van der Waals surface area (Å²) in [4.78, 5) is 4.64. The van der Waals surface area contributed by atoms with Crippen LogP contribution in [0.5, 0.6) is 5.75 Å². The molecule has 2 aromatic carbocycles. The zero-order valence-corrected chi connectivity index (χ0v) is 13.3. The van der Waals surface area contributed by atoms with Crippen LogP contribution >= 0.6 is 0 Å². The Labute approximate surface area is 136 Å². The summed E-state index contributed by atoms with van der Waals surface area (Å²) < 4.78 is 7.27. The second-order valence-electron chi connectivity index (χ2n) is 5.45. The van der Waals surface area contributed by atoms with Crippen molar-refractivity contribution in [1.29, 1.82) is 0 Å². The molecule has 3 heteroatoms. The van der Waals surface area contributed by atoms with Crippen LogP contribution in [0, 0.1) is 11.8 Å². The van der Waals surface area contributed by atoms with Gasteiger partial charge < -0.3 is 9.30 Å². The van der Waals surface area contributed by atoms with Gasteiger partial charge in [0, 0.05) is 12.1 Å². The lowest BCUT2D eigenvalue weighted by atomic mass is 10.2. The van der Waals surface area contributed by atoms with Crippen molar-refractivity contribution < 1.29 is 4.74 Å². The number of hydrogen-bond acceptors (Lipinski definition) is 2. The third-order valence-corrected chi connectivity index (χ3v) is 3.49. The molecule has 0 aliphatic carbocycles. The van der Waals surface area contributed by atoms with Crippen LogP contribution < -0.4 is 4.74 Å². The molecule has 1 aromatic heterocycles. The van der Waals surface area contributed by atoms with E-state index in [0.29, 0.717) is 6.54 Å². The number of benzene rings is 2. The first-order valence-corrected chi connectivity index (χ1v) is 7.43. The van der Waals surface area contributed by atoms with Gasteiger partial charge in [-0.15, -0.1) is 0 Å². The standard InChI is InChI=1S/C20H18N2O/c1-15(2)14-22-19-7-5-4-6-18(19)21-20(22)13-10-16-8-11-17(23-3)12-9-16/h4-9,11-12H,1,14H2,2-3H3. The highest BCUT2D eigenvalue weighted by Crippen LogP contribution is 2.17. The van der Waals surface area contributed by atoms with Gasteiger partial charge in [0.05, 0.1) is 18.1 Å². The zero-order valence-electron chi connectivity index (χ0n) is 13.3. The van der Waals surface area contributed by atoms with Crippen molar-refractivity contribution in [2.45, 2.75) is 13.5 Å². The Morgan fingerprint density at radius 3 is 2.57 bits per heavy atom. The van der Waals surface area contributed by atoms with Crippen LogP contribution in [0.25, 0.3) is 11.0 Å². The number of para-hydroxylation sites is 2. The van der Waals surface area contributed by atoms with E-state index < -0.39 is 0 Å². The molecule has 0 atom stereocenters. The topological polar surface area (TPSA) is 27.1 Å². The molecule has 1 heterocycles. The Hall–Kier alpha value is -2.99. The molecule has 3 aromatic rings. The summed E-state index contributed by atoms with van der Waals surface area (Å²) in [5.41, 5.74) is 4.03. The number of hydrogen-bond donors (Lipinski definition) is 0. The fourth-order valence-corrected chi connectivity index (χ4v) is 2.40. The van der Waals surface area contributed by atoms with Gasteiger partial charge in [0.2, 0.25) is 0 Å². The van der Waals surface area contributed by atoms with E-state index >= 15 is 0 Å². The van der Waals surface area contributed by atoms with E-state index in [1.54, 1.807) is 7.11 Å². The Balaban J connectivity index is 2.02. The molecule has 0 fully saturated rings. The van der Waals surface area contributed by atoms with E-state index in [-0.39, 0.29) is 0 Å². The highest BCUT2D eigenvalue weighted by atomic mass is 16.5. The van der Waals surface area contributed by atoms with E-state index in [1.807, 2.05) is 49.4 Å². The van der Waals surface area contributed by atoms with Crippen molar-refractivity contribution in [3.8, 4) is 17.6 Å². The molecule has 0 radical (unpaired) electrons. The van der Waals surface area contributed by atoms with Gasteiger partial charge in [-0.05, 0) is 49.2 Å². The van der Waals surface area contributed by atoms with E-state index in [0.717, 1.165) is 33.7 Å². The molecule has 3 nitrogen and oxygen atoms in total. The molecule has 0 saturated carbocycles. The number of imidazole rings is 1. The minimum absolute atomic E-state index is 0.715. The minimum Gasteiger partial charge on any atom is -0.497 e. The quantitative estimate of drug-likeness (QED) is 0.540. The summed E-state index contributed by atoms with van der Waals surface area (Å²) in [6.45, 7) is 6.73. The zero-order chi connectivity index (χ0) is 16.2. The van der Waals surface area contributed by atoms with Crippen molar-refractivity contribution in [2.75, 3.05) is 7.11 Å². The third kappa shape index (κ3) is 3.27. The maximum Gasteiger partial charge on any atom is 0.187 e. The van der Waals surface area contributed by atoms with Crippen molar-refractivity contribution in [1.82, 2.24) is 9.55 Å². The third-order valence-electron chi connectivity index (χ3n) is 3.49. The summed E-state index contributed by atoms with van der Waals surface area (Å²) >= 11 is 0. The Morgan fingerprint density at radius 2 is 1.87 bits per heavy atom. The predicted molar refractivity (Wildman–Crippen MR) is 93.5 cm³/mol. The van der Waals surface area contributed by atoms with E-state index in [4.69, 9.17) is 4.74 Å². The van der Waals surface area contributed by atoms with Gasteiger partial charge in [-0.25, -0.2) is 4.98 Å². The summed E-state index contributed by atoms with van der Waals surface area (Å²) in [6.07, 6.45) is 0. The second kappa shape index (κ2) is 6.41. The van der Waals surface area contributed by atoms with E-state index in [2.05, 4.69) is 34.0 Å². The minimum atomic E-state index is 0.715. The van der Waals surface area contributed by atoms with Crippen molar-refractivity contribution >= 4 is 11.0 Å². The lowest BCUT2D eigenvalue weighted by molar-refractivity contribution is 0.415. The van der Waals surface area contributed by atoms with Crippen LogP contribution in [0.15, 0.2) is 60.7 Å². The van der Waals surface area contributed by atoms with E-state index in [9.17, 15) is 0 Å². The molecule has 0 saturated heterocycles. The molecule has 23 heavy (non-hydrogen) atoms. The van der Waals surface area contributed by atoms with Crippen LogP contribution in [0.4, 0.5) is 0 Å². The Morgan fingerprint density at radius 1 is 1.13 bits per heavy atom. The maximum atomic E-state index is 5.16. The number of ether oxygens (including phenoxy) is 1. The average molecular weight is 302 g/mol. The maximum absolute atomic E-state index is 5.16. The fourth-order valence-electron chi connectivity index (χ4n) is 2.40. The SMILES string of the molecule is C=C(C)Cn1c(C#Cc2ccc(OC)cc2)nc2ccccc21. The summed E-state index contributed by atoms with van der Waals surface area (Å²) in [5.74, 6) is 7.93. The van der Waals surface area contributed by atoms with Crippen LogP contribution in [0.2, 0.25) is 0 Å². The average Bonchev–Trinajstić information content (AvgIpc) is 2.91. The number of nitrogens with zero attached hydrogens (tertiary/aromatic N) is 2. The lowest BCUT2D eigenvalue weighted by Gasteiger charge is -2.05. The predicted octanol–water partition coefficient (Wildman–Crippen LogP) is 4.02. The van der Waals surface area contributed by atoms with Gasteiger partial charge >= 0.3 is 0 Å². The first kappa shape index (κ1) is 14.9. The monoisotopic (exact) mass is 302 g/mol. The van der Waals surface area contributed by atoms with Crippen molar-refractivity contribution in [3.63, 3.8) is 0 Å². The largest absolute Gasteiger partial charge is 0.497 e. The molecule has 0 aliphatic rings. The van der Waals surface area contributed by atoms with Crippen LogP contribution in [-0.4, -0.2) is 16.7 Å². The molecule has 0 bridgehead atoms. The van der Waals surface area contributed by atoms with E-state index in [1.165, 1.54) is 0 Å². The molecule has 0 spiro atoms. The fraction of sp³-hybridized carbons (Fsp3) is 0.150. The number of fused-ring (bicyclic) bond motifs is 1. The van der Waals surface area contributed by atoms with Crippen LogP contribution in [0.3, 0.4) is 0 Å². The Kier molecular flexibility index (Phi) is 4.16. The smallest absolute Gasteiger partial charge is 0.187 e. The Bertz CT molecular complexity index is 908. The lowest BCUT2D eigenvalue weighted by Crippen LogP contribution is -2.01. The van der Waals surface area contributed by atoms with Crippen molar-refractivity contribution in [3.05, 3.63) is 72.1 Å². The van der Waals surface area contributed by atoms with Crippen LogP contribution in [0.1, 0.15) is 18.3 Å². The number of methoxy groups -OCH3 is 1. The first-order valence-electron chi connectivity index (χ1n) is 7.43. The molecule has 114 valence electrons. The molecule has 3 rings (SSSR count). The molecule has 0 N–H and O–H groups in total. The van der Waals surface area contributed by atoms with Crippen molar-refractivity contribution in [2.24, 2.45) is 0 Å². The number of aromatic nitrogens is 2. The molecule has 0 unspecified atom stereocenters. The highest BCUT2D eigenvalue weighted by Gasteiger charge is 2.08. The van der Waals surface area contributed by atoms with Gasteiger partial charge in [-0.1, -0.05) is 30.2 Å². The summed E-state index contributed by atoms with van der Waals surface area (Å²) in [6, 6.07) is 15.8. The number of rotatable bonds is 3. The summed E-state index contributed by atoms with van der Waals surface area (Å²) in [5, 5.41) is 0. The summed E-state index contributed by atoms with van der Waals surface area (Å²) in [7, 11) is 1.65. The first-order chi connectivity index (χ1) is 11.2. The molecular formula is C20H18N2O. The van der Waals surface area contributed by atoms with Gasteiger partial charge in [0.15, 0.2) is 5.82 Å². The normalized spacial score (nSPS) is 10.2. The van der Waals surface area contributed by atoms with Gasteiger partial charge in [-0.2, -0.15) is 0 Å². The highest BCUT2D eigenvalue weighted by molar-refractivity contribution is 5.77. The molecule has 0 aliphatic heterocycles. The second-order valence-corrected chi connectivity index (χ2v) is 5.45. The van der Waals surface area contributed by atoms with Gasteiger partial charge in [0.1, 0.15) is 5.75 Å². The van der Waals surface area contributed by atoms with Gasteiger partial charge in [-0.3, -0.25) is 0 Å². The van der Waals surface area contributed by atoms with Crippen LogP contribution in [-0.2, 0) is 6.54 Å². The molecular weight excluding hydrogens is 284 g/mol. The molecule has 0 amide bonds. The van der Waals surface area contributed by atoms with Gasteiger partial charge in [0.25, 0.3) is 0 Å². The number of allylic oxidation sites excluding steroid dienone is 1.